The molecule has 1 aliphatic rings. The van der Waals surface area contributed by atoms with Gasteiger partial charge in [0.05, 0.1) is 0 Å². The first-order valence-corrected chi connectivity index (χ1v) is 7.15. The van der Waals surface area contributed by atoms with Crippen LogP contribution in [0.3, 0.4) is 0 Å². The molecule has 0 radical (unpaired) electrons. The van der Waals surface area contributed by atoms with Gasteiger partial charge in [0.2, 0.25) is 12.7 Å². The number of carbonyl (C=O) groups excluding carboxylic acids is 1. The van der Waals surface area contributed by atoms with Gasteiger partial charge in [0.1, 0.15) is 0 Å². The van der Waals surface area contributed by atoms with Crippen molar-refractivity contribution >= 4 is 5.91 Å². The van der Waals surface area contributed by atoms with Crippen molar-refractivity contribution in [2.75, 3.05) is 19.9 Å². The number of hydrogen-bond donors (Lipinski definition) is 2. The molecule has 0 aromatic heterocycles. The molecule has 20 heavy (non-hydrogen) atoms. The monoisotopic (exact) mass is 278 g/mol. The van der Waals surface area contributed by atoms with Gasteiger partial charge in [-0.3, -0.25) is 4.79 Å². The van der Waals surface area contributed by atoms with Gasteiger partial charge in [0.25, 0.3) is 0 Å². The largest absolute Gasteiger partial charge is 0.454 e. The van der Waals surface area contributed by atoms with Crippen LogP contribution in [0, 0.1) is 0 Å². The summed E-state index contributed by atoms with van der Waals surface area (Å²) < 4.78 is 10.5. The number of fused-ring (bicyclic) bond motifs is 1. The van der Waals surface area contributed by atoms with Crippen LogP contribution in [0.1, 0.15) is 31.7 Å². The number of benzene rings is 1. The summed E-state index contributed by atoms with van der Waals surface area (Å²) in [7, 11) is 0. The van der Waals surface area contributed by atoms with Crippen molar-refractivity contribution in [1.29, 1.82) is 0 Å². The quantitative estimate of drug-likeness (QED) is 0.712. The van der Waals surface area contributed by atoms with E-state index in [9.17, 15) is 4.79 Å². The van der Waals surface area contributed by atoms with E-state index in [1.165, 1.54) is 6.42 Å². The normalized spacial score (nSPS) is 12.4. The van der Waals surface area contributed by atoms with Crippen LogP contribution in [0.25, 0.3) is 0 Å². The number of ether oxygens (including phenoxy) is 2. The number of nitrogens with one attached hydrogen (secondary N) is 2. The minimum Gasteiger partial charge on any atom is -0.454 e. The van der Waals surface area contributed by atoms with Crippen molar-refractivity contribution < 1.29 is 14.3 Å². The van der Waals surface area contributed by atoms with Gasteiger partial charge in [0, 0.05) is 19.5 Å². The smallest absolute Gasteiger partial charge is 0.231 e. The summed E-state index contributed by atoms with van der Waals surface area (Å²) >= 11 is 0. The van der Waals surface area contributed by atoms with E-state index in [2.05, 4.69) is 17.6 Å². The number of rotatable bonds is 8. The molecule has 1 aromatic rings. The summed E-state index contributed by atoms with van der Waals surface area (Å²) in [6.07, 6.45) is 2.83. The molecular weight excluding hydrogens is 256 g/mol. The zero-order chi connectivity index (χ0) is 14.2. The highest BCUT2D eigenvalue weighted by atomic mass is 16.7. The predicted molar refractivity (Wildman–Crippen MR) is 76.8 cm³/mol. The number of carbonyl (C=O) groups is 1. The molecule has 5 heteroatoms. The Kier molecular flexibility index (Phi) is 5.68. The molecule has 1 aliphatic heterocycles. The van der Waals surface area contributed by atoms with Gasteiger partial charge in [-0.2, -0.15) is 0 Å². The first-order valence-electron chi connectivity index (χ1n) is 7.15. The minimum absolute atomic E-state index is 0.0617. The molecule has 0 atom stereocenters. The Morgan fingerprint density at radius 2 is 2.10 bits per heavy atom. The van der Waals surface area contributed by atoms with Crippen molar-refractivity contribution in [1.82, 2.24) is 10.6 Å². The standard InChI is InChI=1S/C15H22N2O3/c1-2-3-7-16-8-6-15(18)17-10-12-4-5-13-14(9-12)20-11-19-13/h4-5,9,16H,2-3,6-8,10-11H2,1H3,(H,17,18). The maximum absolute atomic E-state index is 11.7. The fraction of sp³-hybridized carbons (Fsp3) is 0.533. The molecule has 2 rings (SSSR count). The van der Waals surface area contributed by atoms with Crippen LogP contribution in [-0.4, -0.2) is 25.8 Å². The van der Waals surface area contributed by atoms with Crippen LogP contribution in [0.4, 0.5) is 0 Å². The van der Waals surface area contributed by atoms with Gasteiger partial charge >= 0.3 is 0 Å². The van der Waals surface area contributed by atoms with Gasteiger partial charge in [-0.25, -0.2) is 0 Å². The fourth-order valence-electron chi connectivity index (χ4n) is 1.97. The van der Waals surface area contributed by atoms with Crippen molar-refractivity contribution in [3.05, 3.63) is 23.8 Å². The molecule has 0 saturated heterocycles. The number of hydrogen-bond acceptors (Lipinski definition) is 4. The maximum atomic E-state index is 11.7. The third-order valence-corrected chi connectivity index (χ3v) is 3.16. The fourth-order valence-corrected chi connectivity index (χ4v) is 1.97. The van der Waals surface area contributed by atoms with E-state index >= 15 is 0 Å². The van der Waals surface area contributed by atoms with E-state index in [1.54, 1.807) is 0 Å². The Hall–Kier alpha value is -1.75. The molecule has 110 valence electrons. The summed E-state index contributed by atoms with van der Waals surface area (Å²) in [5, 5.41) is 6.16. The third kappa shape index (κ3) is 4.42. The first-order chi connectivity index (χ1) is 9.79. The average Bonchev–Trinajstić information content (AvgIpc) is 2.92. The highest BCUT2D eigenvalue weighted by Gasteiger charge is 2.13. The lowest BCUT2D eigenvalue weighted by molar-refractivity contribution is -0.121. The van der Waals surface area contributed by atoms with E-state index in [-0.39, 0.29) is 12.7 Å². The summed E-state index contributed by atoms with van der Waals surface area (Å²) in [6.45, 7) is 4.65. The van der Waals surface area contributed by atoms with E-state index < -0.39 is 0 Å². The summed E-state index contributed by atoms with van der Waals surface area (Å²) in [5.41, 5.74) is 1.02. The molecule has 5 nitrogen and oxygen atoms in total. The van der Waals surface area contributed by atoms with Gasteiger partial charge in [-0.05, 0) is 30.7 Å². The van der Waals surface area contributed by atoms with Crippen LogP contribution in [0.15, 0.2) is 18.2 Å². The molecule has 0 bridgehead atoms. The van der Waals surface area contributed by atoms with Crippen LogP contribution >= 0.6 is 0 Å². The molecule has 1 amide bonds. The van der Waals surface area contributed by atoms with Gasteiger partial charge in [-0.1, -0.05) is 19.4 Å². The zero-order valence-electron chi connectivity index (χ0n) is 11.9. The first kappa shape index (κ1) is 14.7. The molecule has 0 aliphatic carbocycles. The molecule has 0 spiro atoms. The molecule has 0 unspecified atom stereocenters. The molecule has 1 heterocycles. The van der Waals surface area contributed by atoms with E-state index in [0.717, 1.165) is 36.6 Å². The van der Waals surface area contributed by atoms with Crippen LogP contribution < -0.4 is 20.1 Å². The Morgan fingerprint density at radius 1 is 1.25 bits per heavy atom. The Labute approximate surface area is 119 Å². The Balaban J connectivity index is 1.66. The van der Waals surface area contributed by atoms with Crippen LogP contribution in [0.2, 0.25) is 0 Å². The Bertz CT molecular complexity index is 449. The maximum Gasteiger partial charge on any atom is 0.231 e. The number of unbranched alkanes of at least 4 members (excludes halogenated alkanes) is 1. The van der Waals surface area contributed by atoms with E-state index in [1.807, 2.05) is 18.2 Å². The highest BCUT2D eigenvalue weighted by molar-refractivity contribution is 5.76. The van der Waals surface area contributed by atoms with Gasteiger partial charge < -0.3 is 20.1 Å². The summed E-state index contributed by atoms with van der Waals surface area (Å²) in [5.74, 6) is 1.57. The second kappa shape index (κ2) is 7.75. The molecule has 1 aromatic carbocycles. The van der Waals surface area contributed by atoms with E-state index in [4.69, 9.17) is 9.47 Å². The predicted octanol–water partition coefficient (Wildman–Crippen LogP) is 1.81. The second-order valence-electron chi connectivity index (χ2n) is 4.82. The SMILES string of the molecule is CCCCNCCC(=O)NCc1ccc2c(c1)OCO2. The molecule has 0 saturated carbocycles. The lowest BCUT2D eigenvalue weighted by Crippen LogP contribution is -2.27. The topological polar surface area (TPSA) is 59.6 Å². The van der Waals surface area contributed by atoms with Crippen LogP contribution in [-0.2, 0) is 11.3 Å². The van der Waals surface area contributed by atoms with Crippen molar-refractivity contribution in [3.63, 3.8) is 0 Å². The van der Waals surface area contributed by atoms with Gasteiger partial charge in [0.15, 0.2) is 11.5 Å². The van der Waals surface area contributed by atoms with Crippen molar-refractivity contribution in [2.45, 2.75) is 32.7 Å². The zero-order valence-corrected chi connectivity index (χ0v) is 11.9. The van der Waals surface area contributed by atoms with Crippen molar-refractivity contribution in [3.8, 4) is 11.5 Å². The summed E-state index contributed by atoms with van der Waals surface area (Å²) in [6, 6.07) is 5.71. The van der Waals surface area contributed by atoms with E-state index in [0.29, 0.717) is 13.0 Å². The molecular formula is C15H22N2O3. The molecule has 2 N–H and O–H groups in total. The van der Waals surface area contributed by atoms with Gasteiger partial charge in [-0.15, -0.1) is 0 Å². The van der Waals surface area contributed by atoms with Crippen LogP contribution in [0.5, 0.6) is 11.5 Å². The lowest BCUT2D eigenvalue weighted by Gasteiger charge is -2.07. The Morgan fingerprint density at radius 3 is 2.95 bits per heavy atom. The second-order valence-corrected chi connectivity index (χ2v) is 4.82. The third-order valence-electron chi connectivity index (χ3n) is 3.16. The number of amides is 1. The highest BCUT2D eigenvalue weighted by Crippen LogP contribution is 2.32. The minimum atomic E-state index is 0.0617. The lowest BCUT2D eigenvalue weighted by atomic mass is 10.2. The van der Waals surface area contributed by atoms with Crippen molar-refractivity contribution in [2.24, 2.45) is 0 Å². The molecule has 0 fully saturated rings. The average molecular weight is 278 g/mol. The summed E-state index contributed by atoms with van der Waals surface area (Å²) in [4.78, 5) is 11.7.